The van der Waals surface area contributed by atoms with Gasteiger partial charge in [-0.25, -0.2) is 8.42 Å². The Balaban J connectivity index is 1.54. The van der Waals surface area contributed by atoms with Crippen molar-refractivity contribution in [1.29, 1.82) is 0 Å². The second-order valence-corrected chi connectivity index (χ2v) is 9.31. The average molecular weight is 373 g/mol. The van der Waals surface area contributed by atoms with Crippen molar-refractivity contribution in [2.24, 2.45) is 5.41 Å². The molecule has 2 N–H and O–H groups in total. The average Bonchev–Trinajstić information content (AvgIpc) is 2.84. The maximum atomic E-state index is 12.9. The fourth-order valence-electron chi connectivity index (χ4n) is 3.83. The standard InChI is InChI=1S/C19H23N3O3S/c1-19(8-10-20-11-9-19)13-21-17(23)12-22-15-6-2-4-14-5-3-7-16(18(14)15)26(22,24)25/h2-7,20H,8-13H2,1H3,(H,21,23). The zero-order valence-electron chi connectivity index (χ0n) is 14.8. The van der Waals surface area contributed by atoms with E-state index in [9.17, 15) is 13.2 Å². The van der Waals surface area contributed by atoms with E-state index in [1.54, 1.807) is 18.2 Å². The molecule has 7 heteroatoms. The van der Waals surface area contributed by atoms with Crippen LogP contribution in [0.2, 0.25) is 0 Å². The number of piperidine rings is 1. The molecule has 0 radical (unpaired) electrons. The fourth-order valence-corrected chi connectivity index (χ4v) is 5.50. The molecule has 2 aromatic rings. The molecule has 0 aromatic heterocycles. The highest BCUT2D eigenvalue weighted by atomic mass is 32.2. The number of nitrogens with one attached hydrogen (secondary N) is 2. The Morgan fingerprint density at radius 2 is 1.88 bits per heavy atom. The van der Waals surface area contributed by atoms with Gasteiger partial charge in [-0.1, -0.05) is 31.2 Å². The highest BCUT2D eigenvalue weighted by Crippen LogP contribution is 2.41. The maximum absolute atomic E-state index is 12.9. The zero-order chi connectivity index (χ0) is 18.4. The van der Waals surface area contributed by atoms with Crippen LogP contribution in [0.25, 0.3) is 10.8 Å². The largest absolute Gasteiger partial charge is 0.354 e. The smallest absolute Gasteiger partial charge is 0.265 e. The molecule has 0 spiro atoms. The minimum absolute atomic E-state index is 0.0633. The second-order valence-electron chi connectivity index (χ2n) is 7.48. The molecule has 0 saturated carbocycles. The Hall–Kier alpha value is -2.12. The van der Waals surface area contributed by atoms with Gasteiger partial charge in [0.05, 0.1) is 10.6 Å². The van der Waals surface area contributed by atoms with E-state index in [0.29, 0.717) is 17.6 Å². The summed E-state index contributed by atoms with van der Waals surface area (Å²) in [6.07, 6.45) is 2.00. The molecule has 4 rings (SSSR count). The van der Waals surface area contributed by atoms with Crippen molar-refractivity contribution in [2.45, 2.75) is 24.7 Å². The van der Waals surface area contributed by atoms with Crippen molar-refractivity contribution in [3.8, 4) is 0 Å². The van der Waals surface area contributed by atoms with E-state index in [2.05, 4.69) is 17.6 Å². The summed E-state index contributed by atoms with van der Waals surface area (Å²) >= 11 is 0. The number of nitrogens with zero attached hydrogens (tertiary/aromatic N) is 1. The third kappa shape index (κ3) is 2.85. The summed E-state index contributed by atoms with van der Waals surface area (Å²) in [6.45, 7) is 4.44. The van der Waals surface area contributed by atoms with Crippen LogP contribution in [-0.2, 0) is 14.8 Å². The highest BCUT2D eigenvalue weighted by Gasteiger charge is 2.37. The lowest BCUT2D eigenvalue weighted by atomic mass is 9.81. The first-order valence-corrected chi connectivity index (χ1v) is 10.4. The number of benzene rings is 2. The van der Waals surface area contributed by atoms with Gasteiger partial charge in [-0.2, -0.15) is 0 Å². The number of hydrogen-bond donors (Lipinski definition) is 2. The third-order valence-corrected chi connectivity index (χ3v) is 7.29. The van der Waals surface area contributed by atoms with Crippen LogP contribution in [0.4, 0.5) is 5.69 Å². The van der Waals surface area contributed by atoms with E-state index in [-0.39, 0.29) is 22.8 Å². The van der Waals surface area contributed by atoms with Crippen LogP contribution < -0.4 is 14.9 Å². The number of anilines is 1. The molecule has 0 bridgehead atoms. The van der Waals surface area contributed by atoms with Crippen molar-refractivity contribution in [3.05, 3.63) is 36.4 Å². The molecule has 2 aromatic carbocycles. The number of carbonyl (C=O) groups excluding carboxylic acids is 1. The SMILES string of the molecule is CC1(CNC(=O)CN2c3cccc4cccc(c34)S2(=O)=O)CCNCC1. The number of hydrogen-bond acceptors (Lipinski definition) is 4. The molecule has 1 fully saturated rings. The van der Waals surface area contributed by atoms with Gasteiger partial charge in [0.1, 0.15) is 6.54 Å². The molecule has 0 aliphatic carbocycles. The van der Waals surface area contributed by atoms with E-state index >= 15 is 0 Å². The Labute approximate surface area is 153 Å². The molecule has 2 aliphatic heterocycles. The van der Waals surface area contributed by atoms with Crippen molar-refractivity contribution >= 4 is 32.4 Å². The van der Waals surface area contributed by atoms with E-state index in [4.69, 9.17) is 0 Å². The first-order valence-electron chi connectivity index (χ1n) is 8.93. The molecule has 0 unspecified atom stereocenters. The fraction of sp³-hybridized carbons (Fsp3) is 0.421. The highest BCUT2D eigenvalue weighted by molar-refractivity contribution is 7.93. The summed E-state index contributed by atoms with van der Waals surface area (Å²) in [5.41, 5.74) is 0.648. The molecule has 1 saturated heterocycles. The van der Waals surface area contributed by atoms with Gasteiger partial charge in [-0.15, -0.1) is 0 Å². The van der Waals surface area contributed by atoms with Gasteiger partial charge in [-0.05, 0) is 48.9 Å². The van der Waals surface area contributed by atoms with Gasteiger partial charge in [0, 0.05) is 11.9 Å². The summed E-state index contributed by atoms with van der Waals surface area (Å²) in [4.78, 5) is 12.8. The molecule has 2 aliphatic rings. The van der Waals surface area contributed by atoms with Crippen LogP contribution in [0.1, 0.15) is 19.8 Å². The van der Waals surface area contributed by atoms with Crippen LogP contribution in [0.5, 0.6) is 0 Å². The lowest BCUT2D eigenvalue weighted by Crippen LogP contribution is -2.46. The first-order chi connectivity index (χ1) is 12.4. The van der Waals surface area contributed by atoms with E-state index in [1.807, 2.05) is 18.2 Å². The van der Waals surface area contributed by atoms with Gasteiger partial charge in [0.25, 0.3) is 10.0 Å². The van der Waals surface area contributed by atoms with Gasteiger partial charge >= 0.3 is 0 Å². The van der Waals surface area contributed by atoms with E-state index < -0.39 is 10.0 Å². The Morgan fingerprint density at radius 1 is 1.19 bits per heavy atom. The van der Waals surface area contributed by atoms with Gasteiger partial charge in [-0.3, -0.25) is 9.10 Å². The summed E-state index contributed by atoms with van der Waals surface area (Å²) in [5, 5.41) is 7.83. The maximum Gasteiger partial charge on any atom is 0.265 e. The molecule has 1 amide bonds. The minimum Gasteiger partial charge on any atom is -0.354 e. The molecule has 0 atom stereocenters. The topological polar surface area (TPSA) is 78.5 Å². The summed E-state index contributed by atoms with van der Waals surface area (Å²) in [7, 11) is -3.69. The Kier molecular flexibility index (Phi) is 4.16. The molecule has 138 valence electrons. The van der Waals surface area contributed by atoms with Crippen molar-refractivity contribution in [2.75, 3.05) is 30.5 Å². The van der Waals surface area contributed by atoms with E-state index in [1.165, 1.54) is 4.31 Å². The third-order valence-electron chi connectivity index (χ3n) is 5.49. The molecule has 26 heavy (non-hydrogen) atoms. The summed E-state index contributed by atoms with van der Waals surface area (Å²) < 4.78 is 27.0. The van der Waals surface area contributed by atoms with Crippen molar-refractivity contribution in [1.82, 2.24) is 10.6 Å². The predicted molar refractivity (Wildman–Crippen MR) is 102 cm³/mol. The summed E-state index contributed by atoms with van der Waals surface area (Å²) in [6, 6.07) is 10.7. The predicted octanol–water partition coefficient (Wildman–Crippen LogP) is 1.85. The monoisotopic (exact) mass is 373 g/mol. The second kappa shape index (κ2) is 6.25. The number of carbonyl (C=O) groups is 1. The van der Waals surface area contributed by atoms with Crippen LogP contribution in [0.3, 0.4) is 0 Å². The van der Waals surface area contributed by atoms with Gasteiger partial charge in [0.2, 0.25) is 5.91 Å². The van der Waals surface area contributed by atoms with Gasteiger partial charge < -0.3 is 10.6 Å². The molecular weight excluding hydrogens is 350 g/mol. The number of sulfonamides is 1. The molecule has 6 nitrogen and oxygen atoms in total. The summed E-state index contributed by atoms with van der Waals surface area (Å²) in [5.74, 6) is -0.266. The number of rotatable bonds is 4. The van der Waals surface area contributed by atoms with Crippen molar-refractivity contribution < 1.29 is 13.2 Å². The Morgan fingerprint density at radius 3 is 2.62 bits per heavy atom. The first kappa shape index (κ1) is 17.3. The lowest BCUT2D eigenvalue weighted by Gasteiger charge is -2.34. The van der Waals surface area contributed by atoms with E-state index in [0.717, 1.165) is 31.3 Å². The normalized spacial score (nSPS) is 20.3. The lowest BCUT2D eigenvalue weighted by molar-refractivity contribution is -0.120. The Bertz CT molecular complexity index is 960. The molecular formula is C19H23N3O3S. The van der Waals surface area contributed by atoms with Crippen LogP contribution in [0.15, 0.2) is 41.3 Å². The minimum atomic E-state index is -3.69. The molecule has 2 heterocycles. The van der Waals surface area contributed by atoms with Gasteiger partial charge in [0.15, 0.2) is 0 Å². The van der Waals surface area contributed by atoms with Crippen molar-refractivity contribution in [3.63, 3.8) is 0 Å². The quantitative estimate of drug-likeness (QED) is 0.857. The van der Waals surface area contributed by atoms with Crippen LogP contribution in [0, 0.1) is 5.41 Å². The van der Waals surface area contributed by atoms with Crippen LogP contribution >= 0.6 is 0 Å². The van der Waals surface area contributed by atoms with Crippen LogP contribution in [-0.4, -0.2) is 40.5 Å². The number of amides is 1. The zero-order valence-corrected chi connectivity index (χ0v) is 15.6.